The number of hydrogen-bond acceptors (Lipinski definition) is 5. The van der Waals surface area contributed by atoms with Gasteiger partial charge in [-0.05, 0) is 37.1 Å². The molecule has 0 saturated carbocycles. The molecule has 1 aromatic carbocycles. The van der Waals surface area contributed by atoms with E-state index in [0.29, 0.717) is 6.42 Å². The topological polar surface area (TPSA) is 67.9 Å². The summed E-state index contributed by atoms with van der Waals surface area (Å²) < 4.78 is 0. The number of aryl methyl sites for hydroxylation is 2. The van der Waals surface area contributed by atoms with Crippen LogP contribution in [0, 0.1) is 6.92 Å². The molecule has 0 radical (unpaired) electrons. The van der Waals surface area contributed by atoms with Gasteiger partial charge in [0, 0.05) is 30.9 Å². The lowest BCUT2D eigenvalue weighted by molar-refractivity contribution is 0.833. The minimum atomic E-state index is 0.697. The Morgan fingerprint density at radius 3 is 2.82 bits per heavy atom. The van der Waals surface area contributed by atoms with Crippen molar-refractivity contribution in [2.45, 2.75) is 19.8 Å². The van der Waals surface area contributed by atoms with Crippen molar-refractivity contribution in [2.24, 2.45) is 0 Å². The second kappa shape index (κ2) is 8.48. The van der Waals surface area contributed by atoms with Crippen molar-refractivity contribution in [2.75, 3.05) is 17.7 Å². The zero-order valence-electron chi connectivity index (χ0n) is 16.4. The van der Waals surface area contributed by atoms with Gasteiger partial charge in [0.15, 0.2) is 0 Å². The molecule has 0 aliphatic carbocycles. The van der Waals surface area contributed by atoms with Crippen LogP contribution in [-0.2, 0) is 6.42 Å². The van der Waals surface area contributed by atoms with Crippen LogP contribution in [-0.4, -0.2) is 22.0 Å². The second-order valence-corrected chi connectivity index (χ2v) is 6.64. The Labute approximate surface area is 166 Å². The highest BCUT2D eigenvalue weighted by Crippen LogP contribution is 2.32. The monoisotopic (exact) mass is 371 g/mol. The minimum absolute atomic E-state index is 0.697. The van der Waals surface area contributed by atoms with Gasteiger partial charge in [0.2, 0.25) is 0 Å². The lowest BCUT2D eigenvalue weighted by Gasteiger charge is -2.25. The van der Waals surface area contributed by atoms with E-state index in [1.807, 2.05) is 49.2 Å². The van der Waals surface area contributed by atoms with Crippen molar-refractivity contribution in [3.63, 3.8) is 0 Å². The number of aromatic nitrogens is 3. The summed E-state index contributed by atoms with van der Waals surface area (Å²) in [4.78, 5) is 15.3. The molecule has 142 valence electrons. The number of hydrogen-bond donors (Lipinski definition) is 1. The number of anilines is 2. The Morgan fingerprint density at radius 2 is 2.04 bits per heavy atom. The average Bonchev–Trinajstić information content (AvgIpc) is 2.71. The molecule has 0 fully saturated rings. The molecular formula is C23H25N5. The molecule has 2 N–H and O–H groups in total. The molecule has 0 saturated heterocycles. The number of nitrogens with two attached hydrogens (primary N) is 1. The molecule has 5 nitrogen and oxygen atoms in total. The largest absolute Gasteiger partial charge is 0.397 e. The smallest absolute Gasteiger partial charge is 0.129 e. The van der Waals surface area contributed by atoms with Crippen molar-refractivity contribution >= 4 is 28.5 Å². The van der Waals surface area contributed by atoms with Gasteiger partial charge in [-0.25, -0.2) is 9.97 Å². The second-order valence-electron chi connectivity index (χ2n) is 6.64. The van der Waals surface area contributed by atoms with E-state index in [0.717, 1.165) is 51.5 Å². The SMILES string of the molecule is C=C/C=C\c1c(C)ccc(N(C)C(=C)CCc2ncc3ncccc3n2)c1N. The molecule has 5 heteroatoms. The number of pyridine rings is 1. The summed E-state index contributed by atoms with van der Waals surface area (Å²) in [7, 11) is 1.98. The van der Waals surface area contributed by atoms with E-state index in [4.69, 9.17) is 5.73 Å². The van der Waals surface area contributed by atoms with Crippen LogP contribution in [0.4, 0.5) is 11.4 Å². The molecule has 0 bridgehead atoms. The van der Waals surface area contributed by atoms with E-state index in [-0.39, 0.29) is 0 Å². The fourth-order valence-electron chi connectivity index (χ4n) is 3.03. The predicted molar refractivity (Wildman–Crippen MR) is 118 cm³/mol. The van der Waals surface area contributed by atoms with Gasteiger partial charge in [0.25, 0.3) is 0 Å². The first-order chi connectivity index (χ1) is 13.5. The highest BCUT2D eigenvalue weighted by Gasteiger charge is 2.13. The summed E-state index contributed by atoms with van der Waals surface area (Å²) in [5.74, 6) is 0.779. The predicted octanol–water partition coefficient (Wildman–Crippen LogP) is 4.70. The Bertz CT molecular complexity index is 1050. The van der Waals surface area contributed by atoms with Crippen LogP contribution in [0.5, 0.6) is 0 Å². The molecular weight excluding hydrogens is 346 g/mol. The highest BCUT2D eigenvalue weighted by molar-refractivity contribution is 5.81. The molecule has 0 amide bonds. The molecule has 3 aromatic rings. The van der Waals surface area contributed by atoms with E-state index in [2.05, 4.69) is 34.2 Å². The Hall–Kier alpha value is -3.47. The van der Waals surface area contributed by atoms with Gasteiger partial charge in [0.05, 0.1) is 23.1 Å². The lowest BCUT2D eigenvalue weighted by atomic mass is 10.0. The van der Waals surface area contributed by atoms with Gasteiger partial charge in [0.1, 0.15) is 11.3 Å². The van der Waals surface area contributed by atoms with Crippen LogP contribution in [0.25, 0.3) is 17.1 Å². The first-order valence-electron chi connectivity index (χ1n) is 9.17. The van der Waals surface area contributed by atoms with Crippen molar-refractivity contribution in [1.82, 2.24) is 15.0 Å². The first-order valence-corrected chi connectivity index (χ1v) is 9.17. The Morgan fingerprint density at radius 1 is 1.21 bits per heavy atom. The van der Waals surface area contributed by atoms with Crippen molar-refractivity contribution in [3.05, 3.63) is 84.6 Å². The van der Waals surface area contributed by atoms with Crippen molar-refractivity contribution in [3.8, 4) is 0 Å². The third-order valence-electron chi connectivity index (χ3n) is 4.76. The summed E-state index contributed by atoms with van der Waals surface area (Å²) in [5, 5.41) is 0. The number of fused-ring (bicyclic) bond motifs is 1. The molecule has 0 atom stereocenters. The van der Waals surface area contributed by atoms with Gasteiger partial charge < -0.3 is 10.6 Å². The maximum atomic E-state index is 6.43. The Balaban J connectivity index is 1.75. The molecule has 0 unspecified atom stereocenters. The zero-order valence-corrected chi connectivity index (χ0v) is 16.4. The molecule has 28 heavy (non-hydrogen) atoms. The van der Waals surface area contributed by atoms with Gasteiger partial charge >= 0.3 is 0 Å². The Kier molecular flexibility index (Phi) is 5.84. The van der Waals surface area contributed by atoms with Crippen LogP contribution < -0.4 is 10.6 Å². The fraction of sp³-hybridized carbons (Fsp3) is 0.174. The molecule has 0 aliphatic heterocycles. The van der Waals surface area contributed by atoms with Crippen LogP contribution in [0.2, 0.25) is 0 Å². The van der Waals surface area contributed by atoms with Crippen molar-refractivity contribution in [1.29, 1.82) is 0 Å². The summed E-state index contributed by atoms with van der Waals surface area (Å²) in [6, 6.07) is 7.92. The number of nitrogens with zero attached hydrogens (tertiary/aromatic N) is 4. The zero-order chi connectivity index (χ0) is 20.1. The van der Waals surface area contributed by atoms with E-state index >= 15 is 0 Å². The van der Waals surface area contributed by atoms with Crippen LogP contribution >= 0.6 is 0 Å². The molecule has 0 aliphatic rings. The number of benzene rings is 1. The van der Waals surface area contributed by atoms with E-state index < -0.39 is 0 Å². The normalized spacial score (nSPS) is 11.1. The third-order valence-corrected chi connectivity index (χ3v) is 4.76. The molecule has 3 rings (SSSR count). The van der Waals surface area contributed by atoms with Gasteiger partial charge in [-0.15, -0.1) is 0 Å². The first kappa shape index (κ1) is 19.3. The molecule has 2 aromatic heterocycles. The van der Waals surface area contributed by atoms with Crippen LogP contribution in [0.15, 0.2) is 67.7 Å². The summed E-state index contributed by atoms with van der Waals surface area (Å²) in [6.07, 6.45) is 10.6. The van der Waals surface area contributed by atoms with Gasteiger partial charge in [-0.3, -0.25) is 4.98 Å². The fourth-order valence-corrected chi connectivity index (χ4v) is 3.03. The highest BCUT2D eigenvalue weighted by atomic mass is 15.1. The average molecular weight is 371 g/mol. The number of rotatable bonds is 7. The third kappa shape index (κ3) is 4.09. The van der Waals surface area contributed by atoms with E-state index in [1.54, 1.807) is 18.5 Å². The van der Waals surface area contributed by atoms with E-state index in [1.165, 1.54) is 0 Å². The number of allylic oxidation sites excluding steroid dienone is 3. The molecule has 2 heterocycles. The van der Waals surface area contributed by atoms with Gasteiger partial charge in [-0.2, -0.15) is 0 Å². The van der Waals surface area contributed by atoms with Crippen molar-refractivity contribution < 1.29 is 0 Å². The maximum Gasteiger partial charge on any atom is 0.129 e. The summed E-state index contributed by atoms with van der Waals surface area (Å²) in [6.45, 7) is 10.0. The van der Waals surface area contributed by atoms with E-state index in [9.17, 15) is 0 Å². The lowest BCUT2D eigenvalue weighted by Crippen LogP contribution is -2.18. The van der Waals surface area contributed by atoms with Crippen LogP contribution in [0.3, 0.4) is 0 Å². The maximum absolute atomic E-state index is 6.43. The standard InChI is InChI=1S/C23H25N5/c1-5-6-8-18-16(2)10-12-21(23(18)24)28(4)17(3)11-13-22-26-15-20-19(27-22)9-7-14-25-20/h5-10,12,14-15H,1,3,11,13,24H2,2,4H3/b8-6-. The summed E-state index contributed by atoms with van der Waals surface area (Å²) >= 11 is 0. The van der Waals surface area contributed by atoms with Gasteiger partial charge in [-0.1, -0.05) is 37.5 Å². The quantitative estimate of drug-likeness (QED) is 0.482. The van der Waals surface area contributed by atoms with Crippen LogP contribution in [0.1, 0.15) is 23.4 Å². The number of nitrogen functional groups attached to an aromatic ring is 1. The molecule has 0 spiro atoms. The minimum Gasteiger partial charge on any atom is -0.397 e. The summed E-state index contributed by atoms with van der Waals surface area (Å²) in [5.41, 5.74) is 12.8.